The van der Waals surface area contributed by atoms with Gasteiger partial charge in [0.1, 0.15) is 0 Å². The highest BCUT2D eigenvalue weighted by Gasteiger charge is 2.51. The first-order valence-electron chi connectivity index (χ1n) is 4.89. The molecule has 1 aromatic rings. The predicted octanol–water partition coefficient (Wildman–Crippen LogP) is -0.548. The molecule has 1 aliphatic heterocycles. The van der Waals surface area contributed by atoms with Crippen molar-refractivity contribution in [2.24, 2.45) is 0 Å². The third-order valence-corrected chi connectivity index (χ3v) is 2.49. The lowest BCUT2D eigenvalue weighted by atomic mass is 10.2. The summed E-state index contributed by atoms with van der Waals surface area (Å²) < 4.78 is 32.5. The second-order valence-electron chi connectivity index (χ2n) is 3.78. The number of ether oxygens (including phenoxy) is 1. The van der Waals surface area contributed by atoms with E-state index < -0.39 is 42.5 Å². The van der Waals surface area contributed by atoms with Crippen molar-refractivity contribution in [3.05, 3.63) is 33.1 Å². The summed E-state index contributed by atoms with van der Waals surface area (Å²) in [4.78, 5) is 24.0. The first-order valence-corrected chi connectivity index (χ1v) is 4.89. The van der Waals surface area contributed by atoms with E-state index in [0.29, 0.717) is 4.57 Å². The third kappa shape index (κ3) is 2.13. The molecule has 1 saturated heterocycles. The van der Waals surface area contributed by atoms with Gasteiger partial charge in [-0.2, -0.15) is 0 Å². The van der Waals surface area contributed by atoms with E-state index in [2.05, 4.69) is 0 Å². The zero-order chi connectivity index (χ0) is 12.6. The molecular weight excluding hydrogens is 238 g/mol. The standard InChI is InChI=1S/C9H10F2N2O4/c10-9(11)3-5(4-14)17-7(9)13-2-1-6(15)12-8(13)16/h1-2,5,7,14H,3-4H2,(H,12,15,16)/t5-,7+/m0/s1. The van der Waals surface area contributed by atoms with Gasteiger partial charge in [-0.05, 0) is 0 Å². The van der Waals surface area contributed by atoms with Gasteiger partial charge in [-0.25, -0.2) is 13.6 Å². The molecule has 0 bridgehead atoms. The Hall–Kier alpha value is -1.54. The Bertz CT molecular complexity index is 524. The summed E-state index contributed by atoms with van der Waals surface area (Å²) in [7, 11) is 0. The van der Waals surface area contributed by atoms with E-state index in [9.17, 15) is 18.4 Å². The van der Waals surface area contributed by atoms with Gasteiger partial charge in [0.05, 0.1) is 12.7 Å². The van der Waals surface area contributed by atoms with Gasteiger partial charge in [0.2, 0.25) is 6.23 Å². The van der Waals surface area contributed by atoms with E-state index in [-0.39, 0.29) is 0 Å². The third-order valence-electron chi connectivity index (χ3n) is 2.49. The van der Waals surface area contributed by atoms with Gasteiger partial charge in [0.15, 0.2) is 0 Å². The van der Waals surface area contributed by atoms with E-state index >= 15 is 0 Å². The summed E-state index contributed by atoms with van der Waals surface area (Å²) in [5, 5.41) is 8.77. The van der Waals surface area contributed by atoms with Crippen molar-refractivity contribution < 1.29 is 18.6 Å². The Labute approximate surface area is 93.5 Å². The lowest BCUT2D eigenvalue weighted by Gasteiger charge is -2.19. The number of alkyl halides is 2. The average Bonchev–Trinajstić information content (AvgIpc) is 2.54. The lowest BCUT2D eigenvalue weighted by molar-refractivity contribution is -0.120. The molecule has 2 N–H and O–H groups in total. The van der Waals surface area contributed by atoms with Crippen LogP contribution in [-0.2, 0) is 4.74 Å². The maximum Gasteiger partial charge on any atom is 0.330 e. The van der Waals surface area contributed by atoms with Crippen molar-refractivity contribution in [2.75, 3.05) is 6.61 Å². The number of aromatic amines is 1. The molecular formula is C9H10F2N2O4. The van der Waals surface area contributed by atoms with Gasteiger partial charge in [-0.15, -0.1) is 0 Å². The molecule has 17 heavy (non-hydrogen) atoms. The van der Waals surface area contributed by atoms with Gasteiger partial charge >= 0.3 is 5.69 Å². The molecule has 0 radical (unpaired) electrons. The first-order chi connectivity index (χ1) is 7.94. The summed E-state index contributed by atoms with van der Waals surface area (Å²) in [5.41, 5.74) is -1.65. The van der Waals surface area contributed by atoms with Crippen LogP contribution >= 0.6 is 0 Å². The number of rotatable bonds is 2. The van der Waals surface area contributed by atoms with Crippen molar-refractivity contribution in [2.45, 2.75) is 24.7 Å². The van der Waals surface area contributed by atoms with Crippen LogP contribution < -0.4 is 11.2 Å². The van der Waals surface area contributed by atoms with Crippen molar-refractivity contribution >= 4 is 0 Å². The number of nitrogens with one attached hydrogen (secondary N) is 1. The fourth-order valence-electron chi connectivity index (χ4n) is 1.72. The number of H-pyrrole nitrogens is 1. The maximum atomic E-state index is 13.5. The van der Waals surface area contributed by atoms with E-state index in [1.165, 1.54) is 0 Å². The van der Waals surface area contributed by atoms with Crippen LogP contribution in [0.4, 0.5) is 8.78 Å². The van der Waals surface area contributed by atoms with Crippen molar-refractivity contribution in [3.63, 3.8) is 0 Å². The highest BCUT2D eigenvalue weighted by Crippen LogP contribution is 2.41. The van der Waals surface area contributed by atoms with Crippen LogP contribution in [0, 0.1) is 0 Å². The normalized spacial score (nSPS) is 27.2. The van der Waals surface area contributed by atoms with Crippen LogP contribution in [0.3, 0.4) is 0 Å². The van der Waals surface area contributed by atoms with E-state index in [0.717, 1.165) is 12.3 Å². The number of nitrogens with zero attached hydrogens (tertiary/aromatic N) is 1. The Morgan fingerprint density at radius 2 is 2.29 bits per heavy atom. The van der Waals surface area contributed by atoms with Crippen molar-refractivity contribution in [3.8, 4) is 0 Å². The number of halogens is 2. The molecule has 1 aromatic heterocycles. The maximum absolute atomic E-state index is 13.5. The smallest absolute Gasteiger partial charge is 0.330 e. The van der Waals surface area contributed by atoms with E-state index in [4.69, 9.17) is 9.84 Å². The minimum Gasteiger partial charge on any atom is -0.394 e. The molecule has 2 atom stereocenters. The Morgan fingerprint density at radius 3 is 2.82 bits per heavy atom. The molecule has 0 aromatic carbocycles. The van der Waals surface area contributed by atoms with Crippen LogP contribution in [0.15, 0.2) is 21.9 Å². The average molecular weight is 248 g/mol. The number of aromatic nitrogens is 2. The van der Waals surface area contributed by atoms with Gasteiger partial charge in [-0.3, -0.25) is 14.3 Å². The van der Waals surface area contributed by atoms with Crippen LogP contribution in [-0.4, -0.2) is 33.3 Å². The minimum absolute atomic E-state index is 0.551. The Morgan fingerprint density at radius 1 is 1.59 bits per heavy atom. The number of hydrogen-bond donors (Lipinski definition) is 2. The molecule has 0 aliphatic carbocycles. The molecule has 0 spiro atoms. The monoisotopic (exact) mass is 248 g/mol. The molecule has 1 fully saturated rings. The van der Waals surface area contributed by atoms with E-state index in [1.54, 1.807) is 0 Å². The summed E-state index contributed by atoms with van der Waals surface area (Å²) in [6.07, 6.45) is -2.54. The molecule has 1 aliphatic rings. The highest BCUT2D eigenvalue weighted by molar-refractivity contribution is 4.92. The van der Waals surface area contributed by atoms with Crippen LogP contribution in [0.5, 0.6) is 0 Å². The Balaban J connectivity index is 2.40. The molecule has 94 valence electrons. The first kappa shape index (κ1) is 11.9. The molecule has 2 heterocycles. The molecule has 8 heteroatoms. The number of hydrogen-bond acceptors (Lipinski definition) is 4. The number of aliphatic hydroxyl groups is 1. The minimum atomic E-state index is -3.27. The highest BCUT2D eigenvalue weighted by atomic mass is 19.3. The van der Waals surface area contributed by atoms with E-state index in [1.807, 2.05) is 4.98 Å². The second kappa shape index (κ2) is 4.04. The van der Waals surface area contributed by atoms with Crippen molar-refractivity contribution in [1.29, 1.82) is 0 Å². The fourth-order valence-corrected chi connectivity index (χ4v) is 1.72. The SMILES string of the molecule is O=c1ccn([C@@H]2O[C@H](CO)CC2(F)F)c(=O)[nH]1. The quantitative estimate of drug-likeness (QED) is 0.735. The molecule has 0 amide bonds. The second-order valence-corrected chi connectivity index (χ2v) is 3.78. The summed E-state index contributed by atoms with van der Waals surface area (Å²) >= 11 is 0. The zero-order valence-corrected chi connectivity index (χ0v) is 8.60. The summed E-state index contributed by atoms with van der Waals surface area (Å²) in [6.45, 7) is -0.551. The molecule has 2 rings (SSSR count). The topological polar surface area (TPSA) is 84.3 Å². The summed E-state index contributed by atoms with van der Waals surface area (Å²) in [6, 6.07) is 0.952. The molecule has 6 nitrogen and oxygen atoms in total. The lowest BCUT2D eigenvalue weighted by Crippen LogP contribution is -2.37. The predicted molar refractivity (Wildman–Crippen MR) is 51.9 cm³/mol. The molecule has 0 unspecified atom stereocenters. The van der Waals surface area contributed by atoms with Gasteiger partial charge in [0.25, 0.3) is 11.5 Å². The van der Waals surface area contributed by atoms with Crippen LogP contribution in [0.25, 0.3) is 0 Å². The van der Waals surface area contributed by atoms with Crippen LogP contribution in [0.2, 0.25) is 0 Å². The fraction of sp³-hybridized carbons (Fsp3) is 0.556. The van der Waals surface area contributed by atoms with Gasteiger partial charge < -0.3 is 9.84 Å². The summed E-state index contributed by atoms with van der Waals surface area (Å²) in [5.74, 6) is -3.27. The van der Waals surface area contributed by atoms with Gasteiger partial charge in [0, 0.05) is 18.7 Å². The number of aliphatic hydroxyl groups excluding tert-OH is 1. The van der Waals surface area contributed by atoms with Crippen LogP contribution in [0.1, 0.15) is 12.6 Å². The van der Waals surface area contributed by atoms with Gasteiger partial charge in [-0.1, -0.05) is 0 Å². The largest absolute Gasteiger partial charge is 0.394 e. The zero-order valence-electron chi connectivity index (χ0n) is 8.60. The Kier molecular flexibility index (Phi) is 2.84. The molecule has 0 saturated carbocycles. The van der Waals surface area contributed by atoms with Crippen molar-refractivity contribution in [1.82, 2.24) is 9.55 Å².